The molecule has 0 saturated carbocycles. The number of piperidine rings is 1. The zero-order valence-corrected chi connectivity index (χ0v) is 17.0. The van der Waals surface area contributed by atoms with E-state index in [0.29, 0.717) is 24.3 Å². The van der Waals surface area contributed by atoms with Crippen LogP contribution in [0.1, 0.15) is 25.7 Å². The lowest BCUT2D eigenvalue weighted by Gasteiger charge is -2.36. The van der Waals surface area contributed by atoms with Gasteiger partial charge in [0.2, 0.25) is 11.7 Å². The van der Waals surface area contributed by atoms with Crippen molar-refractivity contribution >= 4 is 18.4 Å². The molecule has 0 atom stereocenters. The maximum atomic E-state index is 11.0. The standard InChI is InChI=1S/C19H26N4O4.ClH/c1-3-23(13-18(24)25)15-8-10-22(11-9-15)12-17-20-19(21-27-17)14-4-6-16(26-2)7-5-14;/h4-7,15H,3,8-13H2,1-2H3,(H,24,25);1H. The summed E-state index contributed by atoms with van der Waals surface area (Å²) < 4.78 is 10.6. The Hall–Kier alpha value is -2.16. The molecule has 3 rings (SSSR count). The number of methoxy groups -OCH3 is 1. The Kier molecular flexibility index (Phi) is 8.22. The molecule has 0 radical (unpaired) electrons. The van der Waals surface area contributed by atoms with Gasteiger partial charge in [0.15, 0.2) is 0 Å². The van der Waals surface area contributed by atoms with Crippen molar-refractivity contribution in [3.8, 4) is 17.1 Å². The summed E-state index contributed by atoms with van der Waals surface area (Å²) in [4.78, 5) is 19.8. The van der Waals surface area contributed by atoms with Crippen molar-refractivity contribution in [2.45, 2.75) is 32.4 Å². The Morgan fingerprint density at radius 2 is 2.00 bits per heavy atom. The number of halogens is 1. The van der Waals surface area contributed by atoms with Crippen molar-refractivity contribution in [2.24, 2.45) is 0 Å². The number of likely N-dealkylation sites (tertiary alicyclic amines) is 1. The number of carboxylic acids is 1. The van der Waals surface area contributed by atoms with Crippen LogP contribution in [0, 0.1) is 0 Å². The molecule has 0 aliphatic carbocycles. The summed E-state index contributed by atoms with van der Waals surface area (Å²) in [7, 11) is 1.63. The van der Waals surface area contributed by atoms with Gasteiger partial charge >= 0.3 is 5.97 Å². The summed E-state index contributed by atoms with van der Waals surface area (Å²) in [5, 5.41) is 13.1. The average molecular weight is 411 g/mol. The van der Waals surface area contributed by atoms with Crippen LogP contribution >= 0.6 is 12.4 Å². The highest BCUT2D eigenvalue weighted by Gasteiger charge is 2.26. The third-order valence-electron chi connectivity index (χ3n) is 4.99. The smallest absolute Gasteiger partial charge is 0.317 e. The Morgan fingerprint density at radius 1 is 1.32 bits per heavy atom. The summed E-state index contributed by atoms with van der Waals surface area (Å²) in [6, 6.07) is 7.86. The summed E-state index contributed by atoms with van der Waals surface area (Å²) in [6.45, 7) is 5.26. The van der Waals surface area contributed by atoms with E-state index in [-0.39, 0.29) is 19.0 Å². The molecule has 0 amide bonds. The van der Waals surface area contributed by atoms with Crippen molar-refractivity contribution in [3.05, 3.63) is 30.2 Å². The molecule has 1 saturated heterocycles. The van der Waals surface area contributed by atoms with E-state index in [1.807, 2.05) is 36.1 Å². The van der Waals surface area contributed by atoms with Gasteiger partial charge in [-0.2, -0.15) is 4.98 Å². The van der Waals surface area contributed by atoms with Crippen LogP contribution in [0.25, 0.3) is 11.4 Å². The van der Waals surface area contributed by atoms with Crippen LogP contribution in [-0.2, 0) is 11.3 Å². The SMILES string of the molecule is CCN(CC(=O)O)C1CCN(Cc2nc(-c3ccc(OC)cc3)no2)CC1.Cl. The predicted molar refractivity (Wildman–Crippen MR) is 107 cm³/mol. The second-order valence-corrected chi connectivity index (χ2v) is 6.70. The van der Waals surface area contributed by atoms with Gasteiger partial charge in [0.05, 0.1) is 20.2 Å². The van der Waals surface area contributed by atoms with Crippen molar-refractivity contribution in [1.82, 2.24) is 19.9 Å². The zero-order chi connectivity index (χ0) is 19.2. The van der Waals surface area contributed by atoms with E-state index in [1.165, 1.54) is 0 Å². The highest BCUT2D eigenvalue weighted by Crippen LogP contribution is 2.21. The molecule has 1 fully saturated rings. The number of carbonyl (C=O) groups is 1. The van der Waals surface area contributed by atoms with Gasteiger partial charge in [-0.25, -0.2) is 0 Å². The van der Waals surface area contributed by atoms with Gasteiger partial charge < -0.3 is 14.4 Å². The van der Waals surface area contributed by atoms with E-state index in [4.69, 9.17) is 14.4 Å². The molecule has 0 bridgehead atoms. The van der Waals surface area contributed by atoms with Crippen LogP contribution in [0.15, 0.2) is 28.8 Å². The first-order chi connectivity index (χ1) is 13.1. The number of benzene rings is 1. The van der Waals surface area contributed by atoms with Crippen LogP contribution in [0.5, 0.6) is 5.75 Å². The van der Waals surface area contributed by atoms with E-state index in [1.54, 1.807) is 7.11 Å². The molecule has 9 heteroatoms. The van der Waals surface area contributed by atoms with Gasteiger partial charge in [-0.3, -0.25) is 14.6 Å². The molecule has 0 unspecified atom stereocenters. The Bertz CT molecular complexity index is 745. The fourth-order valence-electron chi connectivity index (χ4n) is 3.48. The number of carboxylic acid groups (broad SMARTS) is 1. The molecule has 1 aromatic carbocycles. The van der Waals surface area contributed by atoms with Crippen LogP contribution < -0.4 is 4.74 Å². The molecule has 154 valence electrons. The largest absolute Gasteiger partial charge is 0.497 e. The molecule has 1 aliphatic heterocycles. The molecular formula is C19H27ClN4O4. The Morgan fingerprint density at radius 3 is 2.57 bits per heavy atom. The predicted octanol–water partition coefficient (Wildman–Crippen LogP) is 2.54. The normalized spacial score (nSPS) is 15.4. The van der Waals surface area contributed by atoms with Crippen molar-refractivity contribution < 1.29 is 19.2 Å². The number of ether oxygens (including phenoxy) is 1. The molecule has 8 nitrogen and oxygen atoms in total. The van der Waals surface area contributed by atoms with Gasteiger partial charge in [-0.05, 0) is 43.7 Å². The minimum absolute atomic E-state index is 0. The Balaban J connectivity index is 0.00000280. The van der Waals surface area contributed by atoms with Crippen LogP contribution in [-0.4, -0.2) is 70.3 Å². The van der Waals surface area contributed by atoms with E-state index < -0.39 is 5.97 Å². The first kappa shape index (κ1) is 22.1. The lowest BCUT2D eigenvalue weighted by Crippen LogP contribution is -2.46. The van der Waals surface area contributed by atoms with Gasteiger partial charge in [-0.15, -0.1) is 12.4 Å². The molecule has 1 N–H and O–H groups in total. The summed E-state index contributed by atoms with van der Waals surface area (Å²) in [6.07, 6.45) is 1.89. The minimum atomic E-state index is -0.767. The fourth-order valence-corrected chi connectivity index (χ4v) is 3.48. The lowest BCUT2D eigenvalue weighted by atomic mass is 10.0. The highest BCUT2D eigenvalue weighted by molar-refractivity contribution is 5.85. The Labute approximate surface area is 170 Å². The van der Waals surface area contributed by atoms with E-state index >= 15 is 0 Å². The number of likely N-dealkylation sites (N-methyl/N-ethyl adjacent to an activating group) is 1. The topological polar surface area (TPSA) is 91.9 Å². The van der Waals surface area contributed by atoms with E-state index in [0.717, 1.165) is 43.8 Å². The van der Waals surface area contributed by atoms with Gasteiger partial charge in [0, 0.05) is 24.7 Å². The number of hydrogen-bond donors (Lipinski definition) is 1. The van der Waals surface area contributed by atoms with Crippen LogP contribution in [0.4, 0.5) is 0 Å². The maximum Gasteiger partial charge on any atom is 0.317 e. The maximum absolute atomic E-state index is 11.0. The molecule has 2 aromatic rings. The average Bonchev–Trinajstić information content (AvgIpc) is 3.15. The van der Waals surface area contributed by atoms with Crippen molar-refractivity contribution in [3.63, 3.8) is 0 Å². The first-order valence-corrected chi connectivity index (χ1v) is 9.24. The number of nitrogens with zero attached hydrogens (tertiary/aromatic N) is 4. The molecule has 0 spiro atoms. The summed E-state index contributed by atoms with van der Waals surface area (Å²) >= 11 is 0. The zero-order valence-electron chi connectivity index (χ0n) is 16.2. The second kappa shape index (κ2) is 10.4. The van der Waals surface area contributed by atoms with Crippen LogP contribution in [0.2, 0.25) is 0 Å². The van der Waals surface area contributed by atoms with Crippen LogP contribution in [0.3, 0.4) is 0 Å². The van der Waals surface area contributed by atoms with Gasteiger partial charge in [0.25, 0.3) is 0 Å². The number of aromatic nitrogens is 2. The number of hydrogen-bond acceptors (Lipinski definition) is 7. The van der Waals surface area contributed by atoms with Crippen molar-refractivity contribution in [1.29, 1.82) is 0 Å². The fraction of sp³-hybridized carbons (Fsp3) is 0.526. The monoisotopic (exact) mass is 410 g/mol. The second-order valence-electron chi connectivity index (χ2n) is 6.70. The summed E-state index contributed by atoms with van der Waals surface area (Å²) in [5.74, 6) is 1.18. The first-order valence-electron chi connectivity index (χ1n) is 9.24. The molecule has 1 aromatic heterocycles. The van der Waals surface area contributed by atoms with E-state index in [2.05, 4.69) is 15.0 Å². The molecule has 1 aliphatic rings. The lowest BCUT2D eigenvalue weighted by molar-refractivity contribution is -0.139. The quantitative estimate of drug-likeness (QED) is 0.709. The van der Waals surface area contributed by atoms with Crippen molar-refractivity contribution in [2.75, 3.05) is 33.3 Å². The third-order valence-corrected chi connectivity index (χ3v) is 4.99. The molecule has 28 heavy (non-hydrogen) atoms. The number of aliphatic carboxylic acids is 1. The highest BCUT2D eigenvalue weighted by atomic mass is 35.5. The minimum Gasteiger partial charge on any atom is -0.497 e. The molecule has 2 heterocycles. The van der Waals surface area contributed by atoms with E-state index in [9.17, 15) is 4.79 Å². The van der Waals surface area contributed by atoms with Gasteiger partial charge in [0.1, 0.15) is 5.75 Å². The summed E-state index contributed by atoms with van der Waals surface area (Å²) in [5.41, 5.74) is 0.886. The number of rotatable bonds is 8. The molecular weight excluding hydrogens is 384 g/mol. The van der Waals surface area contributed by atoms with Gasteiger partial charge in [-0.1, -0.05) is 12.1 Å². The third kappa shape index (κ3) is 5.67.